The summed E-state index contributed by atoms with van der Waals surface area (Å²) < 4.78 is 26.7. The summed E-state index contributed by atoms with van der Waals surface area (Å²) >= 11 is 0. The molecule has 0 bridgehead atoms. The van der Waals surface area contributed by atoms with Gasteiger partial charge in [0, 0.05) is 18.8 Å². The van der Waals surface area contributed by atoms with Crippen LogP contribution in [0.3, 0.4) is 0 Å². The lowest BCUT2D eigenvalue weighted by atomic mass is 10.1. The van der Waals surface area contributed by atoms with Gasteiger partial charge in [-0.1, -0.05) is 0 Å². The quantitative estimate of drug-likeness (QED) is 0.631. The summed E-state index contributed by atoms with van der Waals surface area (Å²) in [5.74, 6) is 5.28. The third-order valence-electron chi connectivity index (χ3n) is 3.90. The van der Waals surface area contributed by atoms with E-state index in [0.717, 1.165) is 25.9 Å². The maximum atomic E-state index is 12.6. The third-order valence-corrected chi connectivity index (χ3v) is 5.82. The number of rotatable bonds is 4. The van der Waals surface area contributed by atoms with Crippen molar-refractivity contribution in [2.24, 2.45) is 5.84 Å². The number of hydrogen-bond acceptors (Lipinski definition) is 5. The number of anilines is 1. The van der Waals surface area contributed by atoms with Crippen molar-refractivity contribution in [2.75, 3.05) is 32.6 Å². The van der Waals surface area contributed by atoms with Gasteiger partial charge in [-0.25, -0.2) is 8.42 Å². The molecule has 1 aromatic rings. The molecule has 1 saturated heterocycles. The van der Waals surface area contributed by atoms with E-state index in [-0.39, 0.29) is 6.04 Å². The summed E-state index contributed by atoms with van der Waals surface area (Å²) in [7, 11) is 0.291. The molecule has 1 aliphatic heterocycles. The standard InChI is InChI=1S/C13H22N4O2S/c1-16-9-7-12(8-10-16)17(2)20(18,19)13-5-3-11(15-14)4-6-13/h3-6,12,15H,7-10,14H2,1-2H3. The zero-order chi connectivity index (χ0) is 14.8. The highest BCUT2D eigenvalue weighted by atomic mass is 32.2. The van der Waals surface area contributed by atoms with Crippen LogP contribution in [-0.4, -0.2) is 50.8 Å². The molecule has 20 heavy (non-hydrogen) atoms. The predicted molar refractivity (Wildman–Crippen MR) is 79.7 cm³/mol. The summed E-state index contributed by atoms with van der Waals surface area (Å²) in [6, 6.07) is 6.56. The molecule has 0 atom stereocenters. The molecule has 0 aromatic heterocycles. The first-order valence-corrected chi connectivity index (χ1v) is 8.12. The summed E-state index contributed by atoms with van der Waals surface area (Å²) in [6.07, 6.45) is 1.74. The van der Waals surface area contributed by atoms with Gasteiger partial charge in [0.15, 0.2) is 0 Å². The van der Waals surface area contributed by atoms with Crippen LogP contribution in [0.5, 0.6) is 0 Å². The summed E-state index contributed by atoms with van der Waals surface area (Å²) in [5.41, 5.74) is 3.18. The van der Waals surface area contributed by atoms with Gasteiger partial charge in [-0.2, -0.15) is 4.31 Å². The maximum absolute atomic E-state index is 12.6. The van der Waals surface area contributed by atoms with Crippen LogP contribution in [0.1, 0.15) is 12.8 Å². The first-order chi connectivity index (χ1) is 9.45. The average molecular weight is 298 g/mol. The molecular weight excluding hydrogens is 276 g/mol. The van der Waals surface area contributed by atoms with Crippen molar-refractivity contribution >= 4 is 15.7 Å². The van der Waals surface area contributed by atoms with Crippen LogP contribution in [0.2, 0.25) is 0 Å². The number of nitrogens with zero attached hydrogens (tertiary/aromatic N) is 2. The lowest BCUT2D eigenvalue weighted by Crippen LogP contribution is -2.44. The third kappa shape index (κ3) is 3.12. The van der Waals surface area contributed by atoms with Crippen molar-refractivity contribution in [3.8, 4) is 0 Å². The van der Waals surface area contributed by atoms with Gasteiger partial charge in [-0.15, -0.1) is 0 Å². The molecule has 6 nitrogen and oxygen atoms in total. The van der Waals surface area contributed by atoms with Crippen LogP contribution in [0.4, 0.5) is 5.69 Å². The van der Waals surface area contributed by atoms with E-state index in [4.69, 9.17) is 5.84 Å². The topological polar surface area (TPSA) is 78.7 Å². The molecule has 0 amide bonds. The van der Waals surface area contributed by atoms with Crippen LogP contribution >= 0.6 is 0 Å². The van der Waals surface area contributed by atoms with Crippen molar-refractivity contribution in [1.29, 1.82) is 0 Å². The Kier molecular flexibility index (Phi) is 4.64. The number of nitrogens with one attached hydrogen (secondary N) is 1. The largest absolute Gasteiger partial charge is 0.324 e. The highest BCUT2D eigenvalue weighted by molar-refractivity contribution is 7.89. The average Bonchev–Trinajstić information content (AvgIpc) is 2.47. The van der Waals surface area contributed by atoms with Gasteiger partial charge >= 0.3 is 0 Å². The molecule has 1 heterocycles. The van der Waals surface area contributed by atoms with Crippen molar-refractivity contribution in [3.63, 3.8) is 0 Å². The van der Waals surface area contributed by atoms with Crippen LogP contribution in [-0.2, 0) is 10.0 Å². The van der Waals surface area contributed by atoms with E-state index >= 15 is 0 Å². The molecular formula is C13H22N4O2S. The molecule has 0 aliphatic carbocycles. The molecule has 112 valence electrons. The number of piperidine rings is 1. The van der Waals surface area contributed by atoms with E-state index in [0.29, 0.717) is 10.6 Å². The SMILES string of the molecule is CN1CCC(N(C)S(=O)(=O)c2ccc(NN)cc2)CC1. The predicted octanol–water partition coefficient (Wildman–Crippen LogP) is 0.687. The second-order valence-corrected chi connectivity index (χ2v) is 7.22. The number of likely N-dealkylation sites (tertiary alicyclic amines) is 1. The Balaban J connectivity index is 2.16. The fraction of sp³-hybridized carbons (Fsp3) is 0.538. The minimum atomic E-state index is -3.43. The zero-order valence-electron chi connectivity index (χ0n) is 11.9. The Morgan fingerprint density at radius 2 is 1.80 bits per heavy atom. The first-order valence-electron chi connectivity index (χ1n) is 6.68. The molecule has 0 radical (unpaired) electrons. The Bertz CT molecular complexity index is 536. The second-order valence-electron chi connectivity index (χ2n) is 5.22. The number of benzene rings is 1. The van der Waals surface area contributed by atoms with Crippen molar-refractivity contribution < 1.29 is 8.42 Å². The number of hydrogen-bond donors (Lipinski definition) is 2. The molecule has 2 rings (SSSR count). The highest BCUT2D eigenvalue weighted by Gasteiger charge is 2.29. The zero-order valence-corrected chi connectivity index (χ0v) is 12.7. The van der Waals surface area contributed by atoms with Crippen LogP contribution in [0.25, 0.3) is 0 Å². The van der Waals surface area contributed by atoms with Crippen LogP contribution in [0, 0.1) is 0 Å². The van der Waals surface area contributed by atoms with Crippen molar-refractivity contribution in [3.05, 3.63) is 24.3 Å². The van der Waals surface area contributed by atoms with Crippen molar-refractivity contribution in [2.45, 2.75) is 23.8 Å². The normalized spacial score (nSPS) is 18.4. The summed E-state index contributed by atoms with van der Waals surface area (Å²) in [5, 5.41) is 0. The van der Waals surface area contributed by atoms with Gasteiger partial charge in [0.25, 0.3) is 0 Å². The van der Waals surface area contributed by atoms with E-state index in [1.54, 1.807) is 31.3 Å². The number of sulfonamides is 1. The minimum absolute atomic E-state index is 0.0727. The molecule has 7 heteroatoms. The fourth-order valence-electron chi connectivity index (χ4n) is 2.44. The smallest absolute Gasteiger partial charge is 0.243 e. The first kappa shape index (κ1) is 15.2. The van der Waals surface area contributed by atoms with Gasteiger partial charge in [-0.05, 0) is 57.2 Å². The number of nitrogen functional groups attached to an aromatic ring is 1. The Morgan fingerprint density at radius 1 is 1.25 bits per heavy atom. The monoisotopic (exact) mass is 298 g/mol. The highest BCUT2D eigenvalue weighted by Crippen LogP contribution is 2.23. The molecule has 1 aromatic carbocycles. The number of nitrogens with two attached hydrogens (primary N) is 1. The molecule has 0 saturated carbocycles. The Morgan fingerprint density at radius 3 is 2.30 bits per heavy atom. The van der Waals surface area contributed by atoms with E-state index in [9.17, 15) is 8.42 Å². The molecule has 1 fully saturated rings. The van der Waals surface area contributed by atoms with Crippen LogP contribution < -0.4 is 11.3 Å². The lowest BCUT2D eigenvalue weighted by Gasteiger charge is -2.34. The Hall–Kier alpha value is -1.15. The summed E-state index contributed by atoms with van der Waals surface area (Å²) in [6.45, 7) is 1.86. The molecule has 1 aliphatic rings. The number of hydrazine groups is 1. The summed E-state index contributed by atoms with van der Waals surface area (Å²) in [4.78, 5) is 2.52. The van der Waals surface area contributed by atoms with Crippen LogP contribution in [0.15, 0.2) is 29.2 Å². The van der Waals surface area contributed by atoms with Gasteiger partial charge < -0.3 is 10.3 Å². The van der Waals surface area contributed by atoms with Crippen molar-refractivity contribution in [1.82, 2.24) is 9.21 Å². The fourth-order valence-corrected chi connectivity index (χ4v) is 3.86. The molecule has 0 unspecified atom stereocenters. The molecule has 0 spiro atoms. The second kappa shape index (κ2) is 6.09. The van der Waals surface area contributed by atoms with E-state index in [2.05, 4.69) is 17.4 Å². The minimum Gasteiger partial charge on any atom is -0.324 e. The van der Waals surface area contributed by atoms with Gasteiger partial charge in [0.2, 0.25) is 10.0 Å². The Labute approximate surface area is 120 Å². The van der Waals surface area contributed by atoms with Gasteiger partial charge in [0.1, 0.15) is 0 Å². The van der Waals surface area contributed by atoms with E-state index < -0.39 is 10.0 Å². The van der Waals surface area contributed by atoms with Gasteiger partial charge in [0.05, 0.1) is 4.90 Å². The van der Waals surface area contributed by atoms with Gasteiger partial charge in [-0.3, -0.25) is 5.84 Å². The van der Waals surface area contributed by atoms with E-state index in [1.807, 2.05) is 0 Å². The molecule has 3 N–H and O–H groups in total. The maximum Gasteiger partial charge on any atom is 0.243 e. The lowest BCUT2D eigenvalue weighted by molar-refractivity contribution is 0.197. The van der Waals surface area contributed by atoms with E-state index in [1.165, 1.54) is 4.31 Å².